The van der Waals surface area contributed by atoms with Crippen LogP contribution in [-0.2, 0) is 16.6 Å². The summed E-state index contributed by atoms with van der Waals surface area (Å²) in [7, 11) is -1.14. The van der Waals surface area contributed by atoms with E-state index in [0.29, 0.717) is 16.3 Å². The van der Waals surface area contributed by atoms with Gasteiger partial charge in [0.1, 0.15) is 5.82 Å². The van der Waals surface area contributed by atoms with Crippen LogP contribution in [0.1, 0.15) is 12.5 Å². The molecule has 5 heteroatoms. The SMILES string of the molecule is CC(N)CS(=O)Cc1cc(Cl)ccc1F. The quantitative estimate of drug-likeness (QED) is 0.888. The van der Waals surface area contributed by atoms with Crippen LogP contribution in [0.15, 0.2) is 18.2 Å². The second kappa shape index (κ2) is 5.58. The zero-order chi connectivity index (χ0) is 11.4. The van der Waals surface area contributed by atoms with Crippen molar-refractivity contribution in [1.29, 1.82) is 0 Å². The fourth-order valence-corrected chi connectivity index (χ4v) is 2.65. The molecule has 0 aliphatic carbocycles. The van der Waals surface area contributed by atoms with E-state index in [-0.39, 0.29) is 17.6 Å². The Morgan fingerprint density at radius 3 is 2.87 bits per heavy atom. The van der Waals surface area contributed by atoms with Crippen molar-refractivity contribution < 1.29 is 8.60 Å². The number of hydrogen-bond acceptors (Lipinski definition) is 2. The van der Waals surface area contributed by atoms with Crippen LogP contribution < -0.4 is 5.73 Å². The Bertz CT molecular complexity index is 370. The number of nitrogens with two attached hydrogens (primary N) is 1. The summed E-state index contributed by atoms with van der Waals surface area (Å²) < 4.78 is 24.8. The van der Waals surface area contributed by atoms with Gasteiger partial charge in [-0.1, -0.05) is 11.6 Å². The average molecular weight is 250 g/mol. The van der Waals surface area contributed by atoms with Gasteiger partial charge in [0.15, 0.2) is 0 Å². The molecule has 1 rings (SSSR count). The molecule has 2 nitrogen and oxygen atoms in total. The van der Waals surface area contributed by atoms with Gasteiger partial charge >= 0.3 is 0 Å². The summed E-state index contributed by atoms with van der Waals surface area (Å²) in [6, 6.07) is 4.10. The summed E-state index contributed by atoms with van der Waals surface area (Å²) in [6.45, 7) is 1.77. The van der Waals surface area contributed by atoms with Crippen molar-refractivity contribution in [2.24, 2.45) is 5.73 Å². The van der Waals surface area contributed by atoms with Gasteiger partial charge in [0.2, 0.25) is 0 Å². The first-order chi connectivity index (χ1) is 6.99. The van der Waals surface area contributed by atoms with Gasteiger partial charge in [-0.05, 0) is 25.1 Å². The van der Waals surface area contributed by atoms with E-state index >= 15 is 0 Å². The lowest BCUT2D eigenvalue weighted by Crippen LogP contribution is -2.23. The molecule has 0 fully saturated rings. The Morgan fingerprint density at radius 2 is 2.27 bits per heavy atom. The standard InChI is InChI=1S/C10H13ClFNOS/c1-7(13)5-15(14)6-8-4-9(11)2-3-10(8)12/h2-4,7H,5-6,13H2,1H3. The Kier molecular flexibility index (Phi) is 4.70. The second-order valence-electron chi connectivity index (χ2n) is 3.46. The van der Waals surface area contributed by atoms with Crippen LogP contribution in [0, 0.1) is 5.82 Å². The molecule has 1 aromatic carbocycles. The predicted molar refractivity (Wildman–Crippen MR) is 61.8 cm³/mol. The predicted octanol–water partition coefficient (Wildman–Crippen LogP) is 2.08. The Labute approximate surface area is 96.1 Å². The molecule has 84 valence electrons. The van der Waals surface area contributed by atoms with Crippen molar-refractivity contribution in [1.82, 2.24) is 0 Å². The average Bonchev–Trinajstić information content (AvgIpc) is 2.10. The van der Waals surface area contributed by atoms with Crippen LogP contribution in [0.5, 0.6) is 0 Å². The summed E-state index contributed by atoms with van der Waals surface area (Å²) in [4.78, 5) is 0. The van der Waals surface area contributed by atoms with E-state index in [1.165, 1.54) is 18.2 Å². The highest BCUT2D eigenvalue weighted by Gasteiger charge is 2.09. The van der Waals surface area contributed by atoms with E-state index in [0.717, 1.165) is 0 Å². The van der Waals surface area contributed by atoms with E-state index in [9.17, 15) is 8.60 Å². The molecule has 0 aliphatic rings. The number of halogens is 2. The summed E-state index contributed by atoms with van der Waals surface area (Å²) in [5.41, 5.74) is 5.88. The van der Waals surface area contributed by atoms with E-state index in [4.69, 9.17) is 17.3 Å². The normalized spacial score (nSPS) is 14.9. The van der Waals surface area contributed by atoms with Gasteiger partial charge in [0.25, 0.3) is 0 Å². The first-order valence-corrected chi connectivity index (χ1v) is 6.40. The van der Waals surface area contributed by atoms with Gasteiger partial charge in [0.05, 0.1) is 5.75 Å². The molecule has 2 N–H and O–H groups in total. The van der Waals surface area contributed by atoms with Gasteiger partial charge in [-0.2, -0.15) is 0 Å². The first kappa shape index (κ1) is 12.6. The lowest BCUT2D eigenvalue weighted by atomic mass is 10.2. The van der Waals surface area contributed by atoms with Crippen LogP contribution in [0.3, 0.4) is 0 Å². The van der Waals surface area contributed by atoms with Gasteiger partial charge in [-0.3, -0.25) is 4.21 Å². The van der Waals surface area contributed by atoms with Crippen molar-refractivity contribution in [3.63, 3.8) is 0 Å². The summed E-state index contributed by atoms with van der Waals surface area (Å²) >= 11 is 5.72. The smallest absolute Gasteiger partial charge is 0.127 e. The molecule has 0 spiro atoms. The number of rotatable bonds is 4. The monoisotopic (exact) mass is 249 g/mol. The van der Waals surface area contributed by atoms with Crippen molar-refractivity contribution in [3.8, 4) is 0 Å². The zero-order valence-electron chi connectivity index (χ0n) is 8.37. The molecule has 0 saturated carbocycles. The molecule has 0 radical (unpaired) electrons. The number of hydrogen-bond donors (Lipinski definition) is 1. The molecule has 2 atom stereocenters. The van der Waals surface area contributed by atoms with E-state index in [1.807, 2.05) is 0 Å². The molecule has 0 bridgehead atoms. The van der Waals surface area contributed by atoms with Crippen molar-refractivity contribution in [2.45, 2.75) is 18.7 Å². The van der Waals surface area contributed by atoms with Gasteiger partial charge in [-0.25, -0.2) is 4.39 Å². The van der Waals surface area contributed by atoms with Gasteiger partial charge < -0.3 is 5.73 Å². The second-order valence-corrected chi connectivity index (χ2v) is 5.40. The zero-order valence-corrected chi connectivity index (χ0v) is 9.95. The topological polar surface area (TPSA) is 43.1 Å². The Hall–Kier alpha value is -0.450. The number of benzene rings is 1. The van der Waals surface area contributed by atoms with Crippen molar-refractivity contribution >= 4 is 22.4 Å². The van der Waals surface area contributed by atoms with Crippen LogP contribution in [-0.4, -0.2) is 16.0 Å². The highest BCUT2D eigenvalue weighted by Crippen LogP contribution is 2.16. The first-order valence-electron chi connectivity index (χ1n) is 4.53. The highest BCUT2D eigenvalue weighted by atomic mass is 35.5. The van der Waals surface area contributed by atoms with E-state index < -0.39 is 10.8 Å². The van der Waals surface area contributed by atoms with Crippen LogP contribution in [0.25, 0.3) is 0 Å². The van der Waals surface area contributed by atoms with Crippen molar-refractivity contribution in [3.05, 3.63) is 34.6 Å². The van der Waals surface area contributed by atoms with Gasteiger partial charge in [-0.15, -0.1) is 0 Å². The molecule has 0 heterocycles. The largest absolute Gasteiger partial charge is 0.327 e. The third kappa shape index (κ3) is 4.28. The van der Waals surface area contributed by atoms with Crippen LogP contribution in [0.4, 0.5) is 4.39 Å². The Morgan fingerprint density at radius 1 is 1.60 bits per heavy atom. The summed E-state index contributed by atoms with van der Waals surface area (Å²) in [5, 5.41) is 0.448. The molecule has 0 saturated heterocycles. The van der Waals surface area contributed by atoms with E-state index in [1.54, 1.807) is 6.92 Å². The minimum atomic E-state index is -1.14. The fourth-order valence-electron chi connectivity index (χ4n) is 1.18. The maximum atomic E-state index is 13.2. The molecule has 15 heavy (non-hydrogen) atoms. The lowest BCUT2D eigenvalue weighted by Gasteiger charge is -2.06. The van der Waals surface area contributed by atoms with Crippen LogP contribution >= 0.6 is 11.6 Å². The van der Waals surface area contributed by atoms with Crippen molar-refractivity contribution in [2.75, 3.05) is 5.75 Å². The molecule has 1 aromatic rings. The molecule has 0 amide bonds. The molecular weight excluding hydrogens is 237 g/mol. The van der Waals surface area contributed by atoms with Crippen LogP contribution in [0.2, 0.25) is 5.02 Å². The maximum Gasteiger partial charge on any atom is 0.127 e. The fraction of sp³-hybridized carbons (Fsp3) is 0.400. The van der Waals surface area contributed by atoms with Gasteiger partial charge in [0, 0.05) is 33.2 Å². The maximum absolute atomic E-state index is 13.2. The third-order valence-corrected chi connectivity index (χ3v) is 3.54. The third-order valence-electron chi connectivity index (χ3n) is 1.77. The molecule has 0 aliphatic heterocycles. The summed E-state index contributed by atoms with van der Waals surface area (Å²) in [5.74, 6) is 0.150. The Balaban J connectivity index is 2.71. The highest BCUT2D eigenvalue weighted by molar-refractivity contribution is 7.84. The lowest BCUT2D eigenvalue weighted by molar-refractivity contribution is 0.615. The molecule has 2 unspecified atom stereocenters. The van der Waals surface area contributed by atoms with E-state index in [2.05, 4.69) is 0 Å². The molecule has 0 aromatic heterocycles. The minimum Gasteiger partial charge on any atom is -0.327 e. The molecular formula is C10H13ClFNOS. The minimum absolute atomic E-state index is 0.145. The summed E-state index contributed by atoms with van der Waals surface area (Å²) in [6.07, 6.45) is 0.